The minimum atomic E-state index is 0.0235. The van der Waals surface area contributed by atoms with Gasteiger partial charge < -0.3 is 16.0 Å². The molecule has 0 radical (unpaired) electrons. The van der Waals surface area contributed by atoms with E-state index < -0.39 is 0 Å². The Labute approximate surface area is 118 Å². The molecule has 3 N–H and O–H groups in total. The van der Waals surface area contributed by atoms with Gasteiger partial charge >= 0.3 is 0 Å². The van der Waals surface area contributed by atoms with Crippen molar-refractivity contribution in [1.29, 1.82) is 0 Å². The Bertz CT molecular complexity index is 432. The van der Waals surface area contributed by atoms with Crippen LogP contribution < -0.4 is 11.1 Å². The fraction of sp³-hybridized carbons (Fsp3) is 0.500. The zero-order valence-electron chi connectivity index (χ0n) is 11.3. The molecule has 4 nitrogen and oxygen atoms in total. The van der Waals surface area contributed by atoms with E-state index in [1.54, 1.807) is 6.07 Å². The van der Waals surface area contributed by atoms with Crippen molar-refractivity contribution in [3.8, 4) is 0 Å². The molecule has 1 aromatic rings. The van der Waals surface area contributed by atoms with E-state index in [0.29, 0.717) is 23.8 Å². The highest BCUT2D eigenvalue weighted by molar-refractivity contribution is 7.99. The van der Waals surface area contributed by atoms with Gasteiger partial charge in [0.1, 0.15) is 0 Å². The van der Waals surface area contributed by atoms with Crippen molar-refractivity contribution in [2.45, 2.75) is 18.9 Å². The number of nitrogens with one attached hydrogen (secondary N) is 1. The van der Waals surface area contributed by atoms with Crippen molar-refractivity contribution < 1.29 is 4.79 Å². The van der Waals surface area contributed by atoms with E-state index in [9.17, 15) is 4.79 Å². The topological polar surface area (TPSA) is 58.4 Å². The quantitative estimate of drug-likeness (QED) is 0.810. The molecule has 1 atom stereocenters. The first-order valence-corrected chi connectivity index (χ1v) is 7.74. The van der Waals surface area contributed by atoms with Crippen molar-refractivity contribution in [1.82, 2.24) is 4.90 Å². The van der Waals surface area contributed by atoms with Crippen LogP contribution in [-0.2, 0) is 4.79 Å². The number of amides is 1. The predicted octanol–water partition coefficient (Wildman–Crippen LogP) is 2.03. The van der Waals surface area contributed by atoms with Gasteiger partial charge in [-0.3, -0.25) is 4.79 Å². The summed E-state index contributed by atoms with van der Waals surface area (Å²) in [6, 6.07) is 7.96. The minimum Gasteiger partial charge on any atom is -0.397 e. The van der Waals surface area contributed by atoms with Gasteiger partial charge in [0.05, 0.1) is 11.4 Å². The van der Waals surface area contributed by atoms with Gasteiger partial charge in [-0.1, -0.05) is 12.1 Å². The second-order valence-electron chi connectivity index (χ2n) is 4.88. The molecular weight excluding hydrogens is 258 g/mol. The number of para-hydroxylation sites is 2. The lowest BCUT2D eigenvalue weighted by molar-refractivity contribution is -0.116. The van der Waals surface area contributed by atoms with Crippen molar-refractivity contribution in [2.24, 2.45) is 0 Å². The van der Waals surface area contributed by atoms with E-state index in [1.165, 1.54) is 17.9 Å². The Balaban J connectivity index is 1.77. The molecule has 1 amide bonds. The van der Waals surface area contributed by atoms with E-state index in [1.807, 2.05) is 30.0 Å². The largest absolute Gasteiger partial charge is 0.397 e. The first-order chi connectivity index (χ1) is 9.16. The molecular formula is C14H21N3OS. The maximum Gasteiger partial charge on any atom is 0.225 e. The Morgan fingerprint density at radius 2 is 2.32 bits per heavy atom. The van der Waals surface area contributed by atoms with Crippen LogP contribution in [0, 0.1) is 0 Å². The van der Waals surface area contributed by atoms with E-state index in [4.69, 9.17) is 5.73 Å². The van der Waals surface area contributed by atoms with Crippen LogP contribution in [-0.4, -0.2) is 41.9 Å². The summed E-state index contributed by atoms with van der Waals surface area (Å²) in [6.07, 6.45) is 1.74. The lowest BCUT2D eigenvalue weighted by Gasteiger charge is -2.23. The molecule has 1 fully saturated rings. The SMILES string of the molecule is CN(CCC(=O)Nc1ccccc1N)C1CCSC1. The lowest BCUT2D eigenvalue weighted by atomic mass is 10.2. The highest BCUT2D eigenvalue weighted by atomic mass is 32.2. The fourth-order valence-electron chi connectivity index (χ4n) is 2.15. The molecule has 0 aromatic heterocycles. The highest BCUT2D eigenvalue weighted by Crippen LogP contribution is 2.21. The summed E-state index contributed by atoms with van der Waals surface area (Å²) in [6.45, 7) is 0.795. The number of nitrogens with two attached hydrogens (primary N) is 1. The average molecular weight is 279 g/mol. The van der Waals surface area contributed by atoms with E-state index in [2.05, 4.69) is 17.3 Å². The third-order valence-electron chi connectivity index (χ3n) is 3.46. The summed E-state index contributed by atoms with van der Waals surface area (Å²) in [5.74, 6) is 2.45. The molecule has 104 valence electrons. The predicted molar refractivity (Wildman–Crippen MR) is 82.5 cm³/mol. The smallest absolute Gasteiger partial charge is 0.225 e. The number of nitrogens with zero attached hydrogens (tertiary/aromatic N) is 1. The third kappa shape index (κ3) is 4.14. The third-order valence-corrected chi connectivity index (χ3v) is 4.60. The minimum absolute atomic E-state index is 0.0235. The van der Waals surface area contributed by atoms with E-state index >= 15 is 0 Å². The number of carbonyl (C=O) groups is 1. The van der Waals surface area contributed by atoms with Crippen LogP contribution in [0.15, 0.2) is 24.3 Å². The van der Waals surface area contributed by atoms with Crippen LogP contribution >= 0.6 is 11.8 Å². The number of hydrogen-bond acceptors (Lipinski definition) is 4. The van der Waals surface area contributed by atoms with Crippen molar-refractivity contribution in [2.75, 3.05) is 36.1 Å². The van der Waals surface area contributed by atoms with Gasteiger partial charge in [0.2, 0.25) is 5.91 Å². The number of nitrogen functional groups attached to an aromatic ring is 1. The molecule has 1 saturated heterocycles. The van der Waals surface area contributed by atoms with Gasteiger partial charge in [0.25, 0.3) is 0 Å². The number of anilines is 2. The molecule has 5 heteroatoms. The lowest BCUT2D eigenvalue weighted by Crippen LogP contribution is -2.34. The van der Waals surface area contributed by atoms with Gasteiger partial charge in [-0.05, 0) is 31.4 Å². The number of thioether (sulfide) groups is 1. The number of hydrogen-bond donors (Lipinski definition) is 2. The molecule has 0 bridgehead atoms. The maximum absolute atomic E-state index is 11.9. The van der Waals surface area contributed by atoms with Crippen LogP contribution in [0.3, 0.4) is 0 Å². The molecule has 0 spiro atoms. The molecule has 1 aliphatic rings. The van der Waals surface area contributed by atoms with E-state index in [0.717, 1.165) is 6.54 Å². The van der Waals surface area contributed by atoms with Gasteiger partial charge in [-0.25, -0.2) is 0 Å². The summed E-state index contributed by atoms with van der Waals surface area (Å²) < 4.78 is 0. The Morgan fingerprint density at radius 1 is 1.53 bits per heavy atom. The summed E-state index contributed by atoms with van der Waals surface area (Å²) in [5.41, 5.74) is 7.10. The molecule has 0 aliphatic carbocycles. The molecule has 2 rings (SSSR count). The summed E-state index contributed by atoms with van der Waals surface area (Å²) in [4.78, 5) is 14.2. The summed E-state index contributed by atoms with van der Waals surface area (Å²) in [7, 11) is 2.10. The second kappa shape index (κ2) is 6.82. The van der Waals surface area contributed by atoms with Gasteiger partial charge in [0.15, 0.2) is 0 Å². The number of carbonyl (C=O) groups excluding carboxylic acids is 1. The summed E-state index contributed by atoms with van der Waals surface area (Å²) in [5, 5.41) is 2.86. The monoisotopic (exact) mass is 279 g/mol. The molecule has 0 saturated carbocycles. The zero-order chi connectivity index (χ0) is 13.7. The zero-order valence-corrected chi connectivity index (χ0v) is 12.1. The van der Waals surface area contributed by atoms with Crippen LogP contribution in [0.1, 0.15) is 12.8 Å². The number of benzene rings is 1. The molecule has 1 aliphatic heterocycles. The Morgan fingerprint density at radius 3 is 3.00 bits per heavy atom. The molecule has 1 aromatic carbocycles. The Hall–Kier alpha value is -1.20. The van der Waals surface area contributed by atoms with Crippen molar-refractivity contribution >= 4 is 29.0 Å². The molecule has 19 heavy (non-hydrogen) atoms. The first kappa shape index (κ1) is 14.2. The van der Waals surface area contributed by atoms with Crippen molar-refractivity contribution in [3.63, 3.8) is 0 Å². The first-order valence-electron chi connectivity index (χ1n) is 6.59. The highest BCUT2D eigenvalue weighted by Gasteiger charge is 2.20. The number of rotatable bonds is 5. The summed E-state index contributed by atoms with van der Waals surface area (Å²) >= 11 is 1.99. The van der Waals surface area contributed by atoms with Gasteiger partial charge in [-0.15, -0.1) is 0 Å². The molecule has 1 heterocycles. The van der Waals surface area contributed by atoms with Crippen LogP contribution in [0.5, 0.6) is 0 Å². The van der Waals surface area contributed by atoms with E-state index in [-0.39, 0.29) is 5.91 Å². The average Bonchev–Trinajstić information content (AvgIpc) is 2.93. The van der Waals surface area contributed by atoms with Crippen LogP contribution in [0.25, 0.3) is 0 Å². The Kier molecular flexibility index (Phi) is 5.10. The van der Waals surface area contributed by atoms with Crippen LogP contribution in [0.2, 0.25) is 0 Å². The van der Waals surface area contributed by atoms with Gasteiger partial charge in [-0.2, -0.15) is 11.8 Å². The van der Waals surface area contributed by atoms with Crippen molar-refractivity contribution in [3.05, 3.63) is 24.3 Å². The standard InChI is InChI=1S/C14H21N3OS/c1-17(11-7-9-19-10-11)8-6-14(18)16-13-5-3-2-4-12(13)15/h2-5,11H,6-10,15H2,1H3,(H,16,18). The molecule has 1 unspecified atom stereocenters. The van der Waals surface area contributed by atoms with Crippen LogP contribution in [0.4, 0.5) is 11.4 Å². The maximum atomic E-state index is 11.9. The normalized spacial score (nSPS) is 18.7. The fourth-order valence-corrected chi connectivity index (χ4v) is 3.45. The van der Waals surface area contributed by atoms with Gasteiger partial charge in [0, 0.05) is 24.8 Å². The second-order valence-corrected chi connectivity index (χ2v) is 6.03.